The van der Waals surface area contributed by atoms with E-state index in [0.29, 0.717) is 0 Å². The van der Waals surface area contributed by atoms with Gasteiger partial charge >= 0.3 is 0 Å². The van der Waals surface area contributed by atoms with Crippen molar-refractivity contribution in [2.75, 3.05) is 11.9 Å². The molecule has 0 N–H and O–H groups in total. The van der Waals surface area contributed by atoms with Crippen LogP contribution in [0.25, 0.3) is 0 Å². The van der Waals surface area contributed by atoms with Crippen molar-refractivity contribution in [1.82, 2.24) is 0 Å². The molecule has 0 unspecified atom stereocenters. The van der Waals surface area contributed by atoms with Crippen molar-refractivity contribution < 1.29 is 0 Å². The first-order valence-corrected chi connectivity index (χ1v) is 6.89. The van der Waals surface area contributed by atoms with Crippen LogP contribution in [0.2, 0.25) is 0 Å². The maximum atomic E-state index is 4.13. The van der Waals surface area contributed by atoms with E-state index in [0.717, 1.165) is 29.8 Å². The molecule has 0 heterocycles. The van der Waals surface area contributed by atoms with Crippen LogP contribution in [0, 0.1) is 0 Å². The number of hydrogen-bond donors (Lipinski definition) is 0. The summed E-state index contributed by atoms with van der Waals surface area (Å²) in [6.45, 7) is 8.25. The molecule has 1 aliphatic rings. The molecule has 1 aromatic carbocycles. The zero-order valence-corrected chi connectivity index (χ0v) is 12.0. The van der Waals surface area contributed by atoms with Crippen LogP contribution in [-0.2, 0) is 0 Å². The Balaban J connectivity index is 2.00. The molecule has 0 spiro atoms. The third-order valence-corrected chi connectivity index (χ3v) is 3.48. The number of benzene rings is 1. The SMILES string of the molecule is C=C(/C=C\C(=C)N(C)c1ccccc1)C1=CC=CCC1. The number of rotatable bonds is 5. The van der Waals surface area contributed by atoms with Crippen molar-refractivity contribution in [2.24, 2.45) is 0 Å². The average molecular weight is 263 g/mol. The molecule has 102 valence electrons. The van der Waals surface area contributed by atoms with Crippen LogP contribution in [0.3, 0.4) is 0 Å². The summed E-state index contributed by atoms with van der Waals surface area (Å²) in [5, 5.41) is 0. The molecule has 0 amide bonds. The number of anilines is 1. The Labute approximate surface area is 121 Å². The maximum Gasteiger partial charge on any atom is 0.0407 e. The first kappa shape index (κ1) is 14.1. The topological polar surface area (TPSA) is 3.24 Å². The van der Waals surface area contributed by atoms with Crippen molar-refractivity contribution >= 4 is 5.69 Å². The second kappa shape index (κ2) is 6.76. The second-order valence-electron chi connectivity index (χ2n) is 4.90. The molecule has 0 aliphatic heterocycles. The zero-order valence-electron chi connectivity index (χ0n) is 12.0. The van der Waals surface area contributed by atoms with Crippen molar-refractivity contribution in [3.8, 4) is 0 Å². The number of likely N-dealkylation sites (N-methyl/N-ethyl adjacent to an activating group) is 1. The quantitative estimate of drug-likeness (QED) is 0.674. The summed E-state index contributed by atoms with van der Waals surface area (Å²) in [5.41, 5.74) is 4.45. The summed E-state index contributed by atoms with van der Waals surface area (Å²) in [6, 6.07) is 10.2. The fourth-order valence-corrected chi connectivity index (χ4v) is 2.10. The Morgan fingerprint density at radius 3 is 2.55 bits per heavy atom. The van der Waals surface area contributed by atoms with E-state index in [1.165, 1.54) is 5.57 Å². The molecule has 2 rings (SSSR count). The van der Waals surface area contributed by atoms with Crippen LogP contribution in [0.15, 0.2) is 90.7 Å². The van der Waals surface area contributed by atoms with E-state index in [1.807, 2.05) is 37.4 Å². The highest BCUT2D eigenvalue weighted by Crippen LogP contribution is 2.21. The second-order valence-corrected chi connectivity index (χ2v) is 4.90. The van der Waals surface area contributed by atoms with E-state index >= 15 is 0 Å². The Morgan fingerprint density at radius 2 is 1.90 bits per heavy atom. The number of hydrogen-bond acceptors (Lipinski definition) is 1. The van der Waals surface area contributed by atoms with Crippen LogP contribution >= 0.6 is 0 Å². The lowest BCUT2D eigenvalue weighted by molar-refractivity contribution is 0.979. The number of nitrogens with zero attached hydrogens (tertiary/aromatic N) is 1. The fourth-order valence-electron chi connectivity index (χ4n) is 2.10. The Morgan fingerprint density at radius 1 is 1.15 bits per heavy atom. The van der Waals surface area contributed by atoms with Crippen molar-refractivity contribution in [1.29, 1.82) is 0 Å². The molecule has 0 saturated carbocycles. The molecule has 1 nitrogen and oxygen atoms in total. The van der Waals surface area contributed by atoms with Gasteiger partial charge in [-0.1, -0.05) is 55.7 Å². The molecule has 1 heteroatoms. The van der Waals surface area contributed by atoms with Gasteiger partial charge in [0, 0.05) is 18.4 Å². The van der Waals surface area contributed by atoms with Gasteiger partial charge in [-0.2, -0.15) is 0 Å². The first-order chi connectivity index (χ1) is 9.68. The van der Waals surface area contributed by atoms with Gasteiger partial charge in [0.25, 0.3) is 0 Å². The number of para-hydroxylation sites is 1. The minimum Gasteiger partial charge on any atom is -0.345 e. The Bertz CT molecular complexity index is 573. The lowest BCUT2D eigenvalue weighted by Gasteiger charge is -2.19. The minimum atomic E-state index is 0.948. The highest BCUT2D eigenvalue weighted by molar-refractivity contribution is 5.54. The molecule has 0 bridgehead atoms. The predicted molar refractivity (Wildman–Crippen MR) is 88.7 cm³/mol. The first-order valence-electron chi connectivity index (χ1n) is 6.89. The van der Waals surface area contributed by atoms with Crippen LogP contribution in [0.4, 0.5) is 5.69 Å². The smallest absolute Gasteiger partial charge is 0.0407 e. The van der Waals surface area contributed by atoms with Gasteiger partial charge in [-0.05, 0) is 42.2 Å². The Kier molecular flexibility index (Phi) is 4.78. The summed E-state index contributed by atoms with van der Waals surface area (Å²) in [4.78, 5) is 2.07. The summed E-state index contributed by atoms with van der Waals surface area (Å²) in [5.74, 6) is 0. The van der Waals surface area contributed by atoms with Gasteiger partial charge < -0.3 is 4.90 Å². The third kappa shape index (κ3) is 3.61. The highest BCUT2D eigenvalue weighted by atomic mass is 15.1. The fraction of sp³-hybridized carbons (Fsp3) is 0.158. The molecule has 0 radical (unpaired) electrons. The van der Waals surface area contributed by atoms with Crippen LogP contribution < -0.4 is 4.90 Å². The summed E-state index contributed by atoms with van der Waals surface area (Å²) < 4.78 is 0. The van der Waals surface area contributed by atoms with Gasteiger partial charge in [0.1, 0.15) is 0 Å². The normalized spacial score (nSPS) is 14.2. The van der Waals surface area contributed by atoms with E-state index in [1.54, 1.807) is 0 Å². The van der Waals surface area contributed by atoms with Crippen molar-refractivity contribution in [2.45, 2.75) is 12.8 Å². The average Bonchev–Trinajstić information content (AvgIpc) is 2.53. The largest absolute Gasteiger partial charge is 0.345 e. The molecule has 0 atom stereocenters. The number of allylic oxidation sites excluding steroid dienone is 7. The summed E-state index contributed by atoms with van der Waals surface area (Å²) in [6.07, 6.45) is 12.7. The van der Waals surface area contributed by atoms with Gasteiger partial charge in [0.2, 0.25) is 0 Å². The molecule has 0 aromatic heterocycles. The van der Waals surface area contributed by atoms with Gasteiger partial charge in [0.15, 0.2) is 0 Å². The molecule has 20 heavy (non-hydrogen) atoms. The molecular formula is C19H21N. The minimum absolute atomic E-state index is 0.948. The third-order valence-electron chi connectivity index (χ3n) is 3.48. The van der Waals surface area contributed by atoms with Gasteiger partial charge in [0.05, 0.1) is 0 Å². The van der Waals surface area contributed by atoms with Crippen LogP contribution in [0.1, 0.15) is 12.8 Å². The molecule has 1 aliphatic carbocycles. The van der Waals surface area contributed by atoms with Crippen molar-refractivity contribution in [3.63, 3.8) is 0 Å². The van der Waals surface area contributed by atoms with Gasteiger partial charge in [-0.25, -0.2) is 0 Å². The summed E-state index contributed by atoms with van der Waals surface area (Å²) in [7, 11) is 2.02. The van der Waals surface area contributed by atoms with E-state index in [2.05, 4.69) is 48.4 Å². The van der Waals surface area contributed by atoms with Crippen LogP contribution in [-0.4, -0.2) is 7.05 Å². The lowest BCUT2D eigenvalue weighted by atomic mass is 9.98. The highest BCUT2D eigenvalue weighted by Gasteiger charge is 2.03. The summed E-state index contributed by atoms with van der Waals surface area (Å²) >= 11 is 0. The van der Waals surface area contributed by atoms with Gasteiger partial charge in [-0.15, -0.1) is 0 Å². The molecule has 0 fully saturated rings. The predicted octanol–water partition coefficient (Wildman–Crippen LogP) is 5.03. The Hall–Kier alpha value is -2.28. The molecular weight excluding hydrogens is 242 g/mol. The van der Waals surface area contributed by atoms with E-state index < -0.39 is 0 Å². The van der Waals surface area contributed by atoms with Crippen molar-refractivity contribution in [3.05, 3.63) is 90.7 Å². The van der Waals surface area contributed by atoms with E-state index in [4.69, 9.17) is 0 Å². The van der Waals surface area contributed by atoms with E-state index in [9.17, 15) is 0 Å². The molecule has 1 aromatic rings. The monoisotopic (exact) mass is 263 g/mol. The van der Waals surface area contributed by atoms with Crippen LogP contribution in [0.5, 0.6) is 0 Å². The standard InChI is InChI=1S/C19H21N/c1-16(18-10-6-4-7-11-18)14-15-17(2)20(3)19-12-8-5-9-13-19/h4-6,8-10,12-15H,1-2,7,11H2,3H3/b15-14-. The van der Waals surface area contributed by atoms with Gasteiger partial charge in [-0.3, -0.25) is 0 Å². The molecule has 0 saturated heterocycles. The zero-order chi connectivity index (χ0) is 14.4. The van der Waals surface area contributed by atoms with E-state index in [-0.39, 0.29) is 0 Å². The lowest BCUT2D eigenvalue weighted by Crippen LogP contribution is -2.13. The maximum absolute atomic E-state index is 4.13.